The first kappa shape index (κ1) is 29.1. The van der Waals surface area contributed by atoms with Gasteiger partial charge in [0.05, 0.1) is 31.3 Å². The number of rotatable bonds is 6. The molecule has 8 nitrogen and oxygen atoms in total. The molecule has 3 heterocycles. The molecule has 1 aromatic rings. The quantitative estimate of drug-likeness (QED) is 0.498. The van der Waals surface area contributed by atoms with Crippen LogP contribution in [0.4, 0.5) is 0 Å². The summed E-state index contributed by atoms with van der Waals surface area (Å²) in [6.45, 7) is 7.59. The summed E-state index contributed by atoms with van der Waals surface area (Å²) in [6.07, 6.45) is 10.8. The van der Waals surface area contributed by atoms with Crippen LogP contribution in [0.25, 0.3) is 0 Å². The molecular formula is C32H45ClN6O2. The van der Waals surface area contributed by atoms with E-state index in [1.165, 1.54) is 42.9 Å². The summed E-state index contributed by atoms with van der Waals surface area (Å²) >= 11 is 6.72. The molecule has 41 heavy (non-hydrogen) atoms. The van der Waals surface area contributed by atoms with E-state index in [0.717, 1.165) is 43.8 Å². The van der Waals surface area contributed by atoms with E-state index in [2.05, 4.69) is 52.3 Å². The minimum Gasteiger partial charge on any atom is -0.348 e. The van der Waals surface area contributed by atoms with Crippen molar-refractivity contribution in [3.63, 3.8) is 0 Å². The number of fused-ring (bicyclic) bond motifs is 2. The number of hydrogen-bond donors (Lipinski definition) is 2. The summed E-state index contributed by atoms with van der Waals surface area (Å²) in [4.78, 5) is 19.3. The zero-order chi connectivity index (χ0) is 28.6. The second kappa shape index (κ2) is 12.3. The molecule has 3 saturated heterocycles. The SMILES string of the molecule is C=CC(=O)N1CCN(C2NC(OCC3CCCN3C)NC3CC4(CCc5cccc(Cl)c5C4)CCC32)CC1CC#N. The lowest BCUT2D eigenvalue weighted by atomic mass is 9.59. The summed E-state index contributed by atoms with van der Waals surface area (Å²) in [5.41, 5.74) is 3.02. The third-order valence-electron chi connectivity index (χ3n) is 10.8. The van der Waals surface area contributed by atoms with Crippen molar-refractivity contribution in [3.05, 3.63) is 47.0 Å². The normalized spacial score (nSPS) is 36.0. The zero-order valence-electron chi connectivity index (χ0n) is 24.4. The number of nitriles is 1. The lowest BCUT2D eigenvalue weighted by Gasteiger charge is -2.56. The Morgan fingerprint density at radius 3 is 2.90 bits per heavy atom. The van der Waals surface area contributed by atoms with Crippen LogP contribution in [0.15, 0.2) is 30.9 Å². The van der Waals surface area contributed by atoms with Crippen molar-refractivity contribution in [2.75, 3.05) is 39.8 Å². The summed E-state index contributed by atoms with van der Waals surface area (Å²) in [5, 5.41) is 18.2. The average molecular weight is 581 g/mol. The Kier molecular flexibility index (Phi) is 8.74. The Morgan fingerprint density at radius 2 is 2.12 bits per heavy atom. The van der Waals surface area contributed by atoms with Crippen LogP contribution in [-0.4, -0.2) is 91.1 Å². The predicted octanol–water partition coefficient (Wildman–Crippen LogP) is 3.51. The van der Waals surface area contributed by atoms with Crippen LogP contribution in [0.2, 0.25) is 5.02 Å². The van der Waals surface area contributed by atoms with Crippen LogP contribution in [0.5, 0.6) is 0 Å². The van der Waals surface area contributed by atoms with E-state index in [9.17, 15) is 10.1 Å². The van der Waals surface area contributed by atoms with Gasteiger partial charge in [0.1, 0.15) is 0 Å². The van der Waals surface area contributed by atoms with Gasteiger partial charge >= 0.3 is 0 Å². The molecule has 222 valence electrons. The highest BCUT2D eigenvalue weighted by Crippen LogP contribution is 2.50. The van der Waals surface area contributed by atoms with Crippen molar-refractivity contribution in [2.45, 2.75) is 88.4 Å². The van der Waals surface area contributed by atoms with Gasteiger partial charge < -0.3 is 14.5 Å². The van der Waals surface area contributed by atoms with E-state index in [1.54, 1.807) is 0 Å². The third-order valence-corrected chi connectivity index (χ3v) is 11.1. The highest BCUT2D eigenvalue weighted by molar-refractivity contribution is 6.31. The first-order chi connectivity index (χ1) is 19.9. The van der Waals surface area contributed by atoms with Gasteiger partial charge in [-0.25, -0.2) is 0 Å². The summed E-state index contributed by atoms with van der Waals surface area (Å²) in [7, 11) is 2.19. The molecule has 7 atom stereocenters. The number of amides is 1. The predicted molar refractivity (Wildman–Crippen MR) is 160 cm³/mol. The van der Waals surface area contributed by atoms with Gasteiger partial charge in [-0.05, 0) is 93.6 Å². The molecule has 9 heteroatoms. The number of aryl methyl sites for hydroxylation is 1. The molecule has 1 saturated carbocycles. The highest BCUT2D eigenvalue weighted by Gasteiger charge is 2.50. The van der Waals surface area contributed by atoms with E-state index < -0.39 is 0 Å². The van der Waals surface area contributed by atoms with Crippen LogP contribution >= 0.6 is 11.6 Å². The number of likely N-dealkylation sites (tertiary alicyclic amines) is 1. The summed E-state index contributed by atoms with van der Waals surface area (Å²) in [6, 6.07) is 9.34. The molecular weight excluding hydrogens is 536 g/mol. The van der Waals surface area contributed by atoms with Gasteiger partial charge in [0.15, 0.2) is 6.35 Å². The number of ether oxygens (including phenoxy) is 1. The molecule has 2 N–H and O–H groups in total. The first-order valence-corrected chi connectivity index (χ1v) is 15.9. The van der Waals surface area contributed by atoms with Crippen molar-refractivity contribution in [3.8, 4) is 6.07 Å². The summed E-state index contributed by atoms with van der Waals surface area (Å²) in [5.74, 6) is 0.338. The number of halogens is 1. The van der Waals surface area contributed by atoms with Crippen molar-refractivity contribution < 1.29 is 9.53 Å². The first-order valence-electron chi connectivity index (χ1n) is 15.5. The lowest BCUT2D eigenvalue weighted by Crippen LogP contribution is -2.72. The third kappa shape index (κ3) is 5.95. The second-order valence-corrected chi connectivity index (χ2v) is 13.5. The van der Waals surface area contributed by atoms with Gasteiger partial charge in [0.2, 0.25) is 5.91 Å². The maximum absolute atomic E-state index is 12.6. The minimum absolute atomic E-state index is 0.0845. The molecule has 1 spiro atoms. The fourth-order valence-electron chi connectivity index (χ4n) is 8.45. The van der Waals surface area contributed by atoms with Gasteiger partial charge in [0, 0.05) is 42.7 Å². The largest absolute Gasteiger partial charge is 0.348 e. The van der Waals surface area contributed by atoms with E-state index >= 15 is 0 Å². The maximum atomic E-state index is 12.6. The van der Waals surface area contributed by atoms with Crippen molar-refractivity contribution >= 4 is 17.5 Å². The van der Waals surface area contributed by atoms with Gasteiger partial charge in [-0.1, -0.05) is 30.3 Å². The van der Waals surface area contributed by atoms with E-state index in [1.807, 2.05) is 11.0 Å². The van der Waals surface area contributed by atoms with E-state index in [4.69, 9.17) is 16.3 Å². The molecule has 0 bridgehead atoms. The minimum atomic E-state index is -0.230. The smallest absolute Gasteiger partial charge is 0.246 e. The molecule has 0 radical (unpaired) electrons. The van der Waals surface area contributed by atoms with Crippen LogP contribution < -0.4 is 10.6 Å². The molecule has 2 aliphatic carbocycles. The highest BCUT2D eigenvalue weighted by atomic mass is 35.5. The summed E-state index contributed by atoms with van der Waals surface area (Å²) < 4.78 is 6.57. The number of likely N-dealkylation sites (N-methyl/N-ethyl adjacent to an activating group) is 1. The molecule has 1 aromatic carbocycles. The Labute approximate surface area is 250 Å². The van der Waals surface area contributed by atoms with Crippen molar-refractivity contribution in [1.82, 2.24) is 25.3 Å². The number of piperazine rings is 1. The van der Waals surface area contributed by atoms with Crippen LogP contribution in [0, 0.1) is 22.7 Å². The van der Waals surface area contributed by atoms with E-state index in [0.29, 0.717) is 44.1 Å². The fourth-order valence-corrected chi connectivity index (χ4v) is 8.71. The number of hydrogen-bond acceptors (Lipinski definition) is 7. The average Bonchev–Trinajstić information content (AvgIpc) is 3.40. The Hall–Kier alpha value is -1.99. The van der Waals surface area contributed by atoms with Gasteiger partial charge in [-0.15, -0.1) is 0 Å². The van der Waals surface area contributed by atoms with Crippen LogP contribution in [0.1, 0.15) is 56.1 Å². The number of benzene rings is 1. The van der Waals surface area contributed by atoms with Crippen molar-refractivity contribution in [1.29, 1.82) is 5.26 Å². The van der Waals surface area contributed by atoms with Gasteiger partial charge in [-0.2, -0.15) is 5.26 Å². The van der Waals surface area contributed by atoms with Gasteiger partial charge in [-0.3, -0.25) is 20.3 Å². The standard InChI is InChI=1S/C32H45ClN6O2/c1-3-29(40)39-17-16-38(20-23(39)11-14-34)30-25-10-13-32(12-9-22-6-4-8-27(33)26(22)18-32)19-28(25)35-31(36-30)41-21-24-7-5-15-37(24)2/h3-4,6,8,23-25,28,30-31,35-36H,1,5,7,9-13,15-21H2,2H3. The number of carbonyl (C=O) groups is 1. The second-order valence-electron chi connectivity index (χ2n) is 13.1. The number of nitrogens with one attached hydrogen (secondary N) is 2. The fraction of sp³-hybridized carbons (Fsp3) is 0.688. The molecule has 3 aliphatic heterocycles. The van der Waals surface area contributed by atoms with E-state index in [-0.39, 0.29) is 29.9 Å². The van der Waals surface area contributed by atoms with Crippen LogP contribution in [0.3, 0.4) is 0 Å². The number of carbonyl (C=O) groups excluding carboxylic acids is 1. The Bertz CT molecular complexity index is 1170. The Morgan fingerprint density at radius 1 is 1.24 bits per heavy atom. The van der Waals surface area contributed by atoms with Gasteiger partial charge in [0.25, 0.3) is 0 Å². The monoisotopic (exact) mass is 580 g/mol. The lowest BCUT2D eigenvalue weighted by molar-refractivity contribution is -0.137. The molecule has 7 unspecified atom stereocenters. The zero-order valence-corrected chi connectivity index (χ0v) is 25.1. The molecule has 6 rings (SSSR count). The molecule has 5 aliphatic rings. The Balaban J connectivity index is 1.21. The molecule has 0 aromatic heterocycles. The number of nitrogens with zero attached hydrogens (tertiary/aromatic N) is 4. The van der Waals surface area contributed by atoms with Crippen LogP contribution in [-0.2, 0) is 22.4 Å². The maximum Gasteiger partial charge on any atom is 0.246 e. The topological polar surface area (TPSA) is 83.9 Å². The molecule has 1 amide bonds. The molecule has 4 fully saturated rings. The van der Waals surface area contributed by atoms with Crippen molar-refractivity contribution in [2.24, 2.45) is 11.3 Å².